The Balaban J connectivity index is 2.84. The lowest BCUT2D eigenvalue weighted by atomic mass is 10.4. The van der Waals surface area contributed by atoms with Crippen LogP contribution in [0.15, 0.2) is 4.99 Å². The van der Waals surface area contributed by atoms with Crippen molar-refractivity contribution < 1.29 is 9.59 Å². The van der Waals surface area contributed by atoms with Gasteiger partial charge in [0.2, 0.25) is 0 Å². The molecular formula is C12H19ClN8O2. The molecule has 0 bridgehead atoms. The fourth-order valence-corrected chi connectivity index (χ4v) is 1.75. The van der Waals surface area contributed by atoms with Gasteiger partial charge in [-0.15, -0.1) is 0 Å². The number of halogens is 1. The molecule has 1 heterocycles. The summed E-state index contributed by atoms with van der Waals surface area (Å²) < 4.78 is 0. The number of carbonyl (C=O) groups excluding carboxylic acids is 2. The second kappa shape index (κ2) is 8.13. The Morgan fingerprint density at radius 1 is 1.35 bits per heavy atom. The number of urea groups is 1. The first-order chi connectivity index (χ1) is 10.8. The fourth-order valence-electron chi connectivity index (χ4n) is 1.45. The molecule has 0 aliphatic heterocycles. The molecule has 0 unspecified atom stereocenters. The van der Waals surface area contributed by atoms with Gasteiger partial charge in [-0.3, -0.25) is 9.80 Å². The third kappa shape index (κ3) is 5.25. The topological polar surface area (TPSA) is 129 Å². The van der Waals surface area contributed by atoms with Crippen molar-refractivity contribution in [3.63, 3.8) is 0 Å². The first-order valence-electron chi connectivity index (χ1n) is 6.62. The molecule has 11 heteroatoms. The summed E-state index contributed by atoms with van der Waals surface area (Å²) in [7, 11) is 4.94. The van der Waals surface area contributed by atoms with Crippen LogP contribution in [0.25, 0.3) is 0 Å². The Hall–Kier alpha value is -2.62. The highest BCUT2D eigenvalue weighted by Gasteiger charge is 2.17. The number of anilines is 2. The Morgan fingerprint density at radius 3 is 2.57 bits per heavy atom. The van der Waals surface area contributed by atoms with E-state index in [0.717, 1.165) is 6.34 Å². The average molecular weight is 343 g/mol. The largest absolute Gasteiger partial charge is 0.382 e. The molecule has 4 N–H and O–H groups in total. The average Bonchev–Trinajstić information content (AvgIpc) is 2.46. The van der Waals surface area contributed by atoms with Crippen molar-refractivity contribution in [2.45, 2.75) is 6.92 Å². The SMILES string of the molecule is CCNC(=O)NN(C)C=NC(=O)c1nc(Cl)c(N(C)C)nc1N. The zero-order valence-corrected chi connectivity index (χ0v) is 14.0. The van der Waals surface area contributed by atoms with Gasteiger partial charge in [0.15, 0.2) is 22.5 Å². The third-order valence-corrected chi connectivity index (χ3v) is 2.71. The van der Waals surface area contributed by atoms with E-state index in [1.54, 1.807) is 25.9 Å². The zero-order valence-electron chi connectivity index (χ0n) is 13.3. The normalized spacial score (nSPS) is 10.5. The van der Waals surface area contributed by atoms with Gasteiger partial charge in [-0.25, -0.2) is 20.2 Å². The summed E-state index contributed by atoms with van der Waals surface area (Å²) >= 11 is 5.96. The van der Waals surface area contributed by atoms with Crippen LogP contribution >= 0.6 is 11.6 Å². The highest BCUT2D eigenvalue weighted by atomic mass is 35.5. The van der Waals surface area contributed by atoms with Gasteiger partial charge in [0.1, 0.15) is 6.34 Å². The minimum Gasteiger partial charge on any atom is -0.382 e. The van der Waals surface area contributed by atoms with E-state index in [9.17, 15) is 9.59 Å². The van der Waals surface area contributed by atoms with E-state index in [4.69, 9.17) is 17.3 Å². The molecular weight excluding hydrogens is 324 g/mol. The molecule has 126 valence electrons. The summed E-state index contributed by atoms with van der Waals surface area (Å²) in [6.45, 7) is 2.25. The standard InChI is InChI=1S/C12H19ClN8O2/c1-5-15-12(23)19-21(4)6-16-11(22)7-9(14)18-10(20(2)3)8(13)17-7/h6H,5H2,1-4H3,(H2,14,18)(H2,15,19,23). The summed E-state index contributed by atoms with van der Waals surface area (Å²) in [6.07, 6.45) is 1.12. The van der Waals surface area contributed by atoms with E-state index < -0.39 is 11.9 Å². The Bertz CT molecular complexity index is 619. The number of hydrogen-bond acceptors (Lipinski definition) is 6. The highest BCUT2D eigenvalue weighted by Crippen LogP contribution is 2.22. The first kappa shape index (κ1) is 18.4. The van der Waals surface area contributed by atoms with Crippen LogP contribution in [-0.2, 0) is 0 Å². The van der Waals surface area contributed by atoms with Gasteiger partial charge in [0.25, 0.3) is 0 Å². The Kier molecular flexibility index (Phi) is 6.51. The van der Waals surface area contributed by atoms with Crippen LogP contribution in [0.3, 0.4) is 0 Å². The molecule has 0 aliphatic rings. The van der Waals surface area contributed by atoms with Crippen molar-refractivity contribution in [1.82, 2.24) is 25.7 Å². The maximum Gasteiger partial charge on any atom is 0.333 e. The minimum absolute atomic E-state index is 0.0385. The first-order valence-corrected chi connectivity index (χ1v) is 7.00. The minimum atomic E-state index is -0.730. The van der Waals surface area contributed by atoms with E-state index in [0.29, 0.717) is 12.4 Å². The number of nitrogen functional groups attached to an aromatic ring is 1. The molecule has 1 aromatic heterocycles. The number of nitrogens with zero attached hydrogens (tertiary/aromatic N) is 5. The van der Waals surface area contributed by atoms with Crippen molar-refractivity contribution >= 4 is 41.5 Å². The molecule has 0 atom stereocenters. The summed E-state index contributed by atoms with van der Waals surface area (Å²) in [5.41, 5.74) is 7.96. The van der Waals surface area contributed by atoms with E-state index in [2.05, 4.69) is 25.7 Å². The van der Waals surface area contributed by atoms with Gasteiger partial charge < -0.3 is 16.0 Å². The van der Waals surface area contributed by atoms with Crippen LogP contribution in [0.5, 0.6) is 0 Å². The second-order valence-electron chi connectivity index (χ2n) is 4.60. The van der Waals surface area contributed by atoms with Crippen molar-refractivity contribution in [3.8, 4) is 0 Å². The monoisotopic (exact) mass is 342 g/mol. The number of hydrazine groups is 1. The van der Waals surface area contributed by atoms with Crippen molar-refractivity contribution in [3.05, 3.63) is 10.8 Å². The number of carbonyl (C=O) groups is 2. The Labute approximate surface area is 138 Å². The van der Waals surface area contributed by atoms with E-state index in [-0.39, 0.29) is 16.7 Å². The van der Waals surface area contributed by atoms with Gasteiger partial charge >= 0.3 is 11.9 Å². The molecule has 0 aliphatic carbocycles. The molecule has 1 aromatic rings. The van der Waals surface area contributed by atoms with Crippen LogP contribution in [0.2, 0.25) is 5.15 Å². The molecule has 3 amide bonds. The number of rotatable bonds is 5. The van der Waals surface area contributed by atoms with Crippen molar-refractivity contribution in [1.29, 1.82) is 0 Å². The molecule has 0 aromatic carbocycles. The van der Waals surface area contributed by atoms with E-state index in [1.165, 1.54) is 12.1 Å². The molecule has 10 nitrogen and oxygen atoms in total. The van der Waals surface area contributed by atoms with Crippen LogP contribution in [0, 0.1) is 0 Å². The smallest absolute Gasteiger partial charge is 0.333 e. The molecule has 0 spiro atoms. The highest BCUT2D eigenvalue weighted by molar-refractivity contribution is 6.32. The predicted octanol–water partition coefficient (Wildman–Crippen LogP) is 0.113. The number of nitrogens with two attached hydrogens (primary N) is 1. The van der Waals surface area contributed by atoms with Crippen molar-refractivity contribution in [2.75, 3.05) is 38.3 Å². The number of amides is 3. The second-order valence-corrected chi connectivity index (χ2v) is 4.96. The number of nitrogens with one attached hydrogen (secondary N) is 2. The lowest BCUT2D eigenvalue weighted by Gasteiger charge is -2.15. The van der Waals surface area contributed by atoms with Crippen LogP contribution in [0.4, 0.5) is 16.4 Å². The quantitative estimate of drug-likeness (QED) is 0.393. The zero-order chi connectivity index (χ0) is 17.6. The number of hydrogen-bond donors (Lipinski definition) is 3. The number of aromatic nitrogens is 2. The molecule has 0 saturated heterocycles. The van der Waals surface area contributed by atoms with Crippen molar-refractivity contribution in [2.24, 2.45) is 4.99 Å². The number of aliphatic imine (C=N–C) groups is 1. The summed E-state index contributed by atoms with van der Waals surface area (Å²) in [6, 6.07) is -0.424. The van der Waals surface area contributed by atoms with E-state index >= 15 is 0 Å². The van der Waals surface area contributed by atoms with Gasteiger partial charge in [-0.1, -0.05) is 11.6 Å². The predicted molar refractivity (Wildman–Crippen MR) is 88.6 cm³/mol. The van der Waals surface area contributed by atoms with Gasteiger partial charge in [-0.05, 0) is 6.92 Å². The van der Waals surface area contributed by atoms with Gasteiger partial charge in [0.05, 0.1) is 0 Å². The maximum atomic E-state index is 12.0. The summed E-state index contributed by atoms with van der Waals surface area (Å²) in [5.74, 6) is -0.467. The van der Waals surface area contributed by atoms with Gasteiger partial charge in [-0.2, -0.15) is 4.99 Å². The Morgan fingerprint density at radius 2 is 2.00 bits per heavy atom. The third-order valence-electron chi connectivity index (χ3n) is 2.45. The summed E-state index contributed by atoms with van der Waals surface area (Å²) in [5, 5.41) is 3.78. The summed E-state index contributed by atoms with van der Waals surface area (Å²) in [4.78, 5) is 36.5. The molecule has 23 heavy (non-hydrogen) atoms. The van der Waals surface area contributed by atoms with Crippen LogP contribution < -0.4 is 21.4 Å². The van der Waals surface area contributed by atoms with Crippen LogP contribution in [0.1, 0.15) is 17.4 Å². The van der Waals surface area contributed by atoms with Crippen LogP contribution in [-0.4, -0.2) is 60.9 Å². The fraction of sp³-hybridized carbons (Fsp3) is 0.417. The maximum absolute atomic E-state index is 12.0. The molecule has 1 rings (SSSR count). The lowest BCUT2D eigenvalue weighted by molar-refractivity contribution is 0.0997. The van der Waals surface area contributed by atoms with E-state index in [1.807, 2.05) is 0 Å². The lowest BCUT2D eigenvalue weighted by Crippen LogP contribution is -2.44. The van der Waals surface area contributed by atoms with Gasteiger partial charge in [0, 0.05) is 27.7 Å². The molecule has 0 fully saturated rings. The molecule has 0 saturated carbocycles. The molecule has 0 radical (unpaired) electrons.